The molecule has 1 aliphatic rings. The number of nitrogens with one attached hydrogen (secondary N) is 2. The Morgan fingerprint density at radius 3 is 2.75 bits per heavy atom. The van der Waals surface area contributed by atoms with Gasteiger partial charge in [-0.25, -0.2) is 10.3 Å². The number of hydroxylamine groups is 1. The lowest BCUT2D eigenvalue weighted by Gasteiger charge is -2.35. The third-order valence-corrected chi connectivity index (χ3v) is 3.19. The van der Waals surface area contributed by atoms with Crippen LogP contribution < -0.4 is 10.8 Å². The molecular formula is C7H14N2O2S. The summed E-state index contributed by atoms with van der Waals surface area (Å²) >= 11 is 1.80. The van der Waals surface area contributed by atoms with Crippen LogP contribution in [0.2, 0.25) is 0 Å². The van der Waals surface area contributed by atoms with Crippen LogP contribution in [0.3, 0.4) is 0 Å². The summed E-state index contributed by atoms with van der Waals surface area (Å²) in [6.45, 7) is 0. The SMILES string of the molecule is CONC(=O)NC1CCC1SC. The minimum absolute atomic E-state index is 0.249. The molecule has 2 amide bonds. The highest BCUT2D eigenvalue weighted by molar-refractivity contribution is 7.99. The second-order valence-electron chi connectivity index (χ2n) is 2.74. The van der Waals surface area contributed by atoms with Gasteiger partial charge < -0.3 is 5.32 Å². The molecule has 4 nitrogen and oxygen atoms in total. The Hall–Kier alpha value is -0.420. The van der Waals surface area contributed by atoms with Crippen molar-refractivity contribution in [2.45, 2.75) is 24.1 Å². The summed E-state index contributed by atoms with van der Waals surface area (Å²) in [5.74, 6) is 0. The van der Waals surface area contributed by atoms with Gasteiger partial charge in [-0.05, 0) is 19.1 Å². The lowest BCUT2D eigenvalue weighted by Crippen LogP contribution is -2.51. The predicted molar refractivity (Wildman–Crippen MR) is 49.0 cm³/mol. The summed E-state index contributed by atoms with van der Waals surface area (Å²) in [6, 6.07) is 0.0661. The van der Waals surface area contributed by atoms with Crippen molar-refractivity contribution >= 4 is 17.8 Å². The second kappa shape index (κ2) is 4.57. The van der Waals surface area contributed by atoms with Gasteiger partial charge in [-0.2, -0.15) is 11.8 Å². The van der Waals surface area contributed by atoms with Gasteiger partial charge in [0.05, 0.1) is 7.11 Å². The van der Waals surface area contributed by atoms with Gasteiger partial charge in [0, 0.05) is 11.3 Å². The van der Waals surface area contributed by atoms with Crippen LogP contribution >= 0.6 is 11.8 Å². The molecule has 1 fully saturated rings. The topological polar surface area (TPSA) is 50.4 Å². The molecule has 2 N–H and O–H groups in total. The van der Waals surface area contributed by atoms with Crippen molar-refractivity contribution in [2.24, 2.45) is 0 Å². The minimum atomic E-state index is -0.249. The second-order valence-corrected chi connectivity index (χ2v) is 3.81. The molecule has 0 aromatic heterocycles. The van der Waals surface area contributed by atoms with E-state index in [2.05, 4.69) is 21.9 Å². The molecule has 1 aliphatic carbocycles. The Morgan fingerprint density at radius 2 is 2.33 bits per heavy atom. The summed E-state index contributed by atoms with van der Waals surface area (Å²) in [6.07, 6.45) is 4.33. The molecule has 5 heteroatoms. The van der Waals surface area contributed by atoms with E-state index in [9.17, 15) is 4.79 Å². The minimum Gasteiger partial charge on any atom is -0.333 e. The van der Waals surface area contributed by atoms with Gasteiger partial charge in [-0.3, -0.25) is 4.84 Å². The monoisotopic (exact) mass is 190 g/mol. The standard InChI is InChI=1S/C7H14N2O2S/c1-11-9-7(10)8-5-3-4-6(5)12-2/h5-6H,3-4H2,1-2H3,(H2,8,9,10). The molecule has 70 valence electrons. The zero-order valence-electron chi connectivity index (χ0n) is 7.29. The third-order valence-electron chi connectivity index (χ3n) is 2.02. The number of urea groups is 1. The van der Waals surface area contributed by atoms with Crippen LogP contribution in [0.15, 0.2) is 0 Å². The zero-order valence-corrected chi connectivity index (χ0v) is 8.11. The Kier molecular flexibility index (Phi) is 3.68. The first kappa shape index (κ1) is 9.67. The van der Waals surface area contributed by atoms with E-state index in [-0.39, 0.29) is 6.03 Å². The van der Waals surface area contributed by atoms with Crippen LogP contribution in [0, 0.1) is 0 Å². The average molecular weight is 190 g/mol. The van der Waals surface area contributed by atoms with Gasteiger partial charge >= 0.3 is 6.03 Å². The molecule has 1 rings (SSSR count). The van der Waals surface area contributed by atoms with Crippen molar-refractivity contribution in [1.82, 2.24) is 10.8 Å². The smallest absolute Gasteiger partial charge is 0.333 e. The molecule has 0 radical (unpaired) electrons. The number of carbonyl (C=O) groups is 1. The van der Waals surface area contributed by atoms with E-state index in [0.717, 1.165) is 6.42 Å². The normalized spacial score (nSPS) is 27.5. The Balaban J connectivity index is 2.18. The fourth-order valence-corrected chi connectivity index (χ4v) is 2.11. The van der Waals surface area contributed by atoms with Crippen molar-refractivity contribution in [3.63, 3.8) is 0 Å². The summed E-state index contributed by atoms with van der Waals surface area (Å²) in [4.78, 5) is 15.4. The van der Waals surface area contributed by atoms with Crippen LogP contribution in [0.1, 0.15) is 12.8 Å². The molecule has 0 aliphatic heterocycles. The van der Waals surface area contributed by atoms with E-state index in [1.807, 2.05) is 0 Å². The maximum absolute atomic E-state index is 11.0. The van der Waals surface area contributed by atoms with Gasteiger partial charge in [0.2, 0.25) is 0 Å². The average Bonchev–Trinajstić information content (AvgIpc) is 2.00. The number of amides is 2. The van der Waals surface area contributed by atoms with E-state index in [4.69, 9.17) is 0 Å². The Morgan fingerprint density at radius 1 is 1.58 bits per heavy atom. The molecule has 2 unspecified atom stereocenters. The molecule has 12 heavy (non-hydrogen) atoms. The first-order valence-electron chi connectivity index (χ1n) is 3.90. The molecule has 0 aromatic rings. The highest BCUT2D eigenvalue weighted by Crippen LogP contribution is 2.29. The van der Waals surface area contributed by atoms with Gasteiger partial charge in [-0.1, -0.05) is 0 Å². The molecular weight excluding hydrogens is 176 g/mol. The van der Waals surface area contributed by atoms with Crippen molar-refractivity contribution in [3.8, 4) is 0 Å². The Labute approximate surface area is 76.4 Å². The number of hydrogen-bond acceptors (Lipinski definition) is 3. The fraction of sp³-hybridized carbons (Fsp3) is 0.857. The zero-order chi connectivity index (χ0) is 8.97. The van der Waals surface area contributed by atoms with Gasteiger partial charge in [0.15, 0.2) is 0 Å². The fourth-order valence-electron chi connectivity index (χ4n) is 1.21. The van der Waals surface area contributed by atoms with Crippen molar-refractivity contribution in [2.75, 3.05) is 13.4 Å². The predicted octanol–water partition coefficient (Wildman–Crippen LogP) is 0.741. The lowest BCUT2D eigenvalue weighted by molar-refractivity contribution is 0.104. The number of rotatable bonds is 3. The van der Waals surface area contributed by atoms with Crippen LogP contribution in [0.25, 0.3) is 0 Å². The van der Waals surface area contributed by atoms with Crippen molar-refractivity contribution < 1.29 is 9.63 Å². The molecule has 1 saturated carbocycles. The summed E-state index contributed by atoms with van der Waals surface area (Å²) in [5, 5.41) is 3.40. The van der Waals surface area contributed by atoms with Crippen LogP contribution in [-0.2, 0) is 4.84 Å². The first-order valence-corrected chi connectivity index (χ1v) is 5.19. The molecule has 0 heterocycles. The highest BCUT2D eigenvalue weighted by Gasteiger charge is 2.31. The summed E-state index contributed by atoms with van der Waals surface area (Å²) in [5.41, 5.74) is 2.23. The number of hydrogen-bond donors (Lipinski definition) is 2. The molecule has 0 aromatic carbocycles. The third kappa shape index (κ3) is 2.28. The van der Waals surface area contributed by atoms with E-state index in [0.29, 0.717) is 11.3 Å². The lowest BCUT2D eigenvalue weighted by atomic mass is 9.92. The van der Waals surface area contributed by atoms with E-state index in [1.165, 1.54) is 13.5 Å². The summed E-state index contributed by atoms with van der Waals surface area (Å²) < 4.78 is 0. The maximum atomic E-state index is 11.0. The molecule has 0 spiro atoms. The van der Waals surface area contributed by atoms with Crippen LogP contribution in [0.5, 0.6) is 0 Å². The van der Waals surface area contributed by atoms with Gasteiger partial charge in [-0.15, -0.1) is 0 Å². The van der Waals surface area contributed by atoms with Gasteiger partial charge in [0.1, 0.15) is 0 Å². The van der Waals surface area contributed by atoms with Crippen molar-refractivity contribution in [1.29, 1.82) is 0 Å². The first-order chi connectivity index (χ1) is 5.77. The molecule has 0 saturated heterocycles. The van der Waals surface area contributed by atoms with Crippen molar-refractivity contribution in [3.05, 3.63) is 0 Å². The summed E-state index contributed by atoms with van der Waals surface area (Å²) in [7, 11) is 1.42. The van der Waals surface area contributed by atoms with Gasteiger partial charge in [0.25, 0.3) is 0 Å². The van der Waals surface area contributed by atoms with E-state index >= 15 is 0 Å². The van der Waals surface area contributed by atoms with Crippen LogP contribution in [0.4, 0.5) is 4.79 Å². The van der Waals surface area contributed by atoms with Crippen LogP contribution in [-0.4, -0.2) is 30.7 Å². The number of thioether (sulfide) groups is 1. The largest absolute Gasteiger partial charge is 0.338 e. The Bertz CT molecular complexity index is 163. The highest BCUT2D eigenvalue weighted by atomic mass is 32.2. The van der Waals surface area contributed by atoms with E-state index in [1.54, 1.807) is 11.8 Å². The number of carbonyl (C=O) groups excluding carboxylic acids is 1. The quantitative estimate of drug-likeness (QED) is 0.645. The molecule has 2 atom stereocenters. The molecule has 0 bridgehead atoms. The maximum Gasteiger partial charge on any atom is 0.338 e. The van der Waals surface area contributed by atoms with E-state index < -0.39 is 0 Å².